The van der Waals surface area contributed by atoms with E-state index in [4.69, 9.17) is 0 Å². The highest BCUT2D eigenvalue weighted by molar-refractivity contribution is 7.91. The van der Waals surface area contributed by atoms with Gasteiger partial charge in [0.1, 0.15) is 12.4 Å². The number of hydrogen-bond acceptors (Lipinski definition) is 5. The molecule has 1 saturated heterocycles. The predicted molar refractivity (Wildman–Crippen MR) is 103 cm³/mol. The quantitative estimate of drug-likeness (QED) is 0.671. The van der Waals surface area contributed by atoms with Crippen LogP contribution in [0.1, 0.15) is 24.0 Å². The third kappa shape index (κ3) is 3.91. The van der Waals surface area contributed by atoms with Crippen molar-refractivity contribution < 1.29 is 26.4 Å². The fourth-order valence-electron chi connectivity index (χ4n) is 3.63. The highest BCUT2D eigenvalue weighted by Gasteiger charge is 2.38. The molecule has 1 aromatic carbocycles. The Morgan fingerprint density at radius 1 is 1.30 bits per heavy atom. The molecule has 0 aliphatic carbocycles. The van der Waals surface area contributed by atoms with Crippen LogP contribution in [0.4, 0.5) is 19.0 Å². The number of nitrogens with one attached hydrogen (secondary N) is 1. The first kappa shape index (κ1) is 20.4. The van der Waals surface area contributed by atoms with Crippen molar-refractivity contribution in [1.82, 2.24) is 19.3 Å². The van der Waals surface area contributed by atoms with Gasteiger partial charge in [-0.3, -0.25) is 4.79 Å². The Morgan fingerprint density at radius 2 is 2.03 bits per heavy atom. The summed E-state index contributed by atoms with van der Waals surface area (Å²) in [6, 6.07) is 7.16. The summed E-state index contributed by atoms with van der Waals surface area (Å²) in [5.74, 6) is -1.69. The van der Waals surface area contributed by atoms with Crippen molar-refractivity contribution >= 4 is 32.6 Å². The van der Waals surface area contributed by atoms with Gasteiger partial charge in [0.15, 0.2) is 9.84 Å². The van der Waals surface area contributed by atoms with Gasteiger partial charge < -0.3 is 9.88 Å². The van der Waals surface area contributed by atoms with Gasteiger partial charge in [0, 0.05) is 6.07 Å². The van der Waals surface area contributed by atoms with Gasteiger partial charge in [-0.1, -0.05) is 12.1 Å². The number of carbonyl (C=O) groups excluding carboxylic acids is 1. The molecule has 4 rings (SSSR count). The molecule has 1 N–H and O–H groups in total. The molecule has 1 atom stereocenters. The van der Waals surface area contributed by atoms with E-state index in [0.29, 0.717) is 12.1 Å². The Bertz CT molecular complexity index is 1230. The molecule has 1 aliphatic rings. The molecule has 1 aliphatic heterocycles. The molecule has 0 saturated carbocycles. The summed E-state index contributed by atoms with van der Waals surface area (Å²) in [6.07, 6.45) is -4.37. The van der Waals surface area contributed by atoms with Crippen LogP contribution in [-0.4, -0.2) is 45.2 Å². The Kier molecular flexibility index (Phi) is 4.83. The third-order valence-corrected chi connectivity index (χ3v) is 6.64. The summed E-state index contributed by atoms with van der Waals surface area (Å²) >= 11 is 0. The Labute approximate surface area is 169 Å². The number of anilines is 1. The molecule has 160 valence electrons. The largest absolute Gasteiger partial charge is 0.449 e. The minimum atomic E-state index is -4.73. The van der Waals surface area contributed by atoms with Gasteiger partial charge in [0.2, 0.25) is 11.7 Å². The highest BCUT2D eigenvalue weighted by Crippen LogP contribution is 2.32. The standard InChI is InChI=1S/C18H18F3N5O3S/c1-11-8-15(26(24-11)12-6-7-30(28,29)10-12)23-16(27)9-25-14-5-3-2-4-13(14)22-17(25)18(19,20)21/h2-5,8,12H,6-7,9-10H2,1H3,(H,23,27). The number of para-hydroxylation sites is 2. The molecule has 1 unspecified atom stereocenters. The number of aromatic nitrogens is 4. The van der Waals surface area contributed by atoms with Crippen molar-refractivity contribution in [3.05, 3.63) is 41.9 Å². The molecule has 0 bridgehead atoms. The van der Waals surface area contributed by atoms with E-state index in [1.165, 1.54) is 16.8 Å². The van der Waals surface area contributed by atoms with Gasteiger partial charge in [0.05, 0.1) is 34.3 Å². The van der Waals surface area contributed by atoms with Gasteiger partial charge in [-0.2, -0.15) is 18.3 Å². The second-order valence-corrected chi connectivity index (χ2v) is 9.46. The third-order valence-electron chi connectivity index (χ3n) is 4.89. The van der Waals surface area contributed by atoms with Gasteiger partial charge in [-0.25, -0.2) is 18.1 Å². The zero-order valence-corrected chi connectivity index (χ0v) is 16.7. The SMILES string of the molecule is Cc1cc(NC(=O)Cn2c(C(F)(F)F)nc3ccccc32)n(C2CCS(=O)(=O)C2)n1. The molecule has 12 heteroatoms. The fourth-order valence-corrected chi connectivity index (χ4v) is 5.33. The van der Waals surface area contributed by atoms with Gasteiger partial charge in [-0.15, -0.1) is 0 Å². The summed E-state index contributed by atoms with van der Waals surface area (Å²) in [7, 11) is -3.18. The number of halogens is 3. The lowest BCUT2D eigenvalue weighted by molar-refractivity contribution is -0.147. The van der Waals surface area contributed by atoms with Crippen molar-refractivity contribution in [1.29, 1.82) is 0 Å². The average Bonchev–Trinajstić information content (AvgIpc) is 3.30. The number of rotatable bonds is 4. The van der Waals surface area contributed by atoms with Crippen LogP contribution in [0.2, 0.25) is 0 Å². The molecule has 8 nitrogen and oxygen atoms in total. The maximum absolute atomic E-state index is 13.4. The second-order valence-electron chi connectivity index (χ2n) is 7.23. The van der Waals surface area contributed by atoms with Crippen molar-refractivity contribution in [3.8, 4) is 0 Å². The number of sulfone groups is 1. The number of nitrogens with zero attached hydrogens (tertiary/aromatic N) is 4. The molecule has 30 heavy (non-hydrogen) atoms. The van der Waals surface area contributed by atoms with Gasteiger partial charge >= 0.3 is 6.18 Å². The zero-order chi connectivity index (χ0) is 21.7. The van der Waals surface area contributed by atoms with E-state index in [-0.39, 0.29) is 28.4 Å². The summed E-state index contributed by atoms with van der Waals surface area (Å²) in [5.41, 5.74) is 0.875. The van der Waals surface area contributed by atoms with Crippen LogP contribution in [0.25, 0.3) is 11.0 Å². The molecular weight excluding hydrogens is 423 g/mol. The molecule has 1 fully saturated rings. The monoisotopic (exact) mass is 441 g/mol. The summed E-state index contributed by atoms with van der Waals surface area (Å²) < 4.78 is 66.1. The van der Waals surface area contributed by atoms with Crippen molar-refractivity contribution in [2.24, 2.45) is 0 Å². The van der Waals surface area contributed by atoms with Crippen LogP contribution in [0.5, 0.6) is 0 Å². The van der Waals surface area contributed by atoms with Crippen LogP contribution in [-0.2, 0) is 27.4 Å². The summed E-state index contributed by atoms with van der Waals surface area (Å²) in [6.45, 7) is 1.07. The molecule has 2 aromatic heterocycles. The molecule has 1 amide bonds. The van der Waals surface area contributed by atoms with Crippen molar-refractivity contribution in [2.75, 3.05) is 16.8 Å². The summed E-state index contributed by atoms with van der Waals surface area (Å²) in [5, 5.41) is 6.82. The first-order valence-electron chi connectivity index (χ1n) is 9.12. The van der Waals surface area contributed by atoms with Crippen LogP contribution in [0.15, 0.2) is 30.3 Å². The first-order valence-corrected chi connectivity index (χ1v) is 10.9. The smallest absolute Gasteiger partial charge is 0.311 e. The minimum Gasteiger partial charge on any atom is -0.311 e. The number of hydrogen-bond donors (Lipinski definition) is 1. The Morgan fingerprint density at radius 3 is 2.70 bits per heavy atom. The van der Waals surface area contributed by atoms with E-state index in [2.05, 4.69) is 15.4 Å². The van der Waals surface area contributed by atoms with Crippen LogP contribution in [0, 0.1) is 6.92 Å². The van der Waals surface area contributed by atoms with Crippen molar-refractivity contribution in [2.45, 2.75) is 32.1 Å². The lowest BCUT2D eigenvalue weighted by Crippen LogP contribution is -2.25. The van der Waals surface area contributed by atoms with E-state index in [1.807, 2.05) is 0 Å². The number of imidazole rings is 1. The number of amides is 1. The summed E-state index contributed by atoms with van der Waals surface area (Å²) in [4.78, 5) is 16.2. The number of aryl methyl sites for hydroxylation is 1. The molecule has 3 heterocycles. The Balaban J connectivity index is 1.61. The lowest BCUT2D eigenvalue weighted by atomic mass is 10.3. The van der Waals surface area contributed by atoms with Gasteiger partial charge in [-0.05, 0) is 25.5 Å². The maximum atomic E-state index is 13.4. The lowest BCUT2D eigenvalue weighted by Gasteiger charge is -2.15. The molecule has 0 radical (unpaired) electrons. The van der Waals surface area contributed by atoms with Crippen LogP contribution >= 0.6 is 0 Å². The average molecular weight is 441 g/mol. The molecule has 3 aromatic rings. The topological polar surface area (TPSA) is 98.9 Å². The van der Waals surface area contributed by atoms with Crippen molar-refractivity contribution in [3.63, 3.8) is 0 Å². The fraction of sp³-hybridized carbons (Fsp3) is 0.389. The number of alkyl halides is 3. The van der Waals surface area contributed by atoms with Gasteiger partial charge in [0.25, 0.3) is 0 Å². The number of fused-ring (bicyclic) bond motifs is 1. The number of carbonyl (C=O) groups is 1. The molecule has 0 spiro atoms. The zero-order valence-electron chi connectivity index (χ0n) is 15.8. The highest BCUT2D eigenvalue weighted by atomic mass is 32.2. The Hall–Kier alpha value is -2.89. The second kappa shape index (κ2) is 7.11. The minimum absolute atomic E-state index is 0.0277. The van der Waals surface area contributed by atoms with Crippen LogP contribution in [0.3, 0.4) is 0 Å². The first-order chi connectivity index (χ1) is 14.0. The van der Waals surface area contributed by atoms with E-state index in [1.54, 1.807) is 25.1 Å². The van der Waals surface area contributed by atoms with Crippen LogP contribution < -0.4 is 5.32 Å². The predicted octanol–water partition coefficient (Wildman–Crippen LogP) is 2.56. The van der Waals surface area contributed by atoms with E-state index >= 15 is 0 Å². The number of benzene rings is 1. The molecular formula is C18H18F3N5O3S. The van der Waals surface area contributed by atoms with E-state index in [9.17, 15) is 26.4 Å². The van der Waals surface area contributed by atoms with E-state index < -0.39 is 40.3 Å². The normalized spacial score (nSPS) is 18.7. The maximum Gasteiger partial charge on any atom is 0.449 e. The van der Waals surface area contributed by atoms with E-state index in [0.717, 1.165) is 4.57 Å².